The highest BCUT2D eigenvalue weighted by atomic mass is 16.7. The Hall–Kier alpha value is -1.69. The van der Waals surface area contributed by atoms with Crippen LogP contribution >= 0.6 is 0 Å². The number of carbonyl (C=O) groups excluding carboxylic acids is 3. The van der Waals surface area contributed by atoms with Crippen molar-refractivity contribution in [2.24, 2.45) is 17.8 Å². The Morgan fingerprint density at radius 2 is 1.77 bits per heavy atom. The Morgan fingerprint density at radius 3 is 2.31 bits per heavy atom. The standard InChI is InChI=1S/C29H49NO9/c1-11-21-28(7,35)13-15(2)22(31)16(3)14-29(8,36-10)25(18(5)23(32)19(6)26(34)38-21)39-27-24(33)20(30-9)12-17(4)37-27/h13,16-21,24-25,27,30,33,35H,11-12,14H2,1-10H3/b15-13+/t16-,17-,18+,19-,20+,21-,24-,25-,27+,28+,29-/m1/s1. The number of aliphatic hydroxyl groups excluding tert-OH is 1. The van der Waals surface area contributed by atoms with Crippen LogP contribution in [0.1, 0.15) is 74.7 Å². The molecule has 10 heteroatoms. The van der Waals surface area contributed by atoms with Crippen molar-refractivity contribution in [1.29, 1.82) is 0 Å². The molecule has 0 saturated carbocycles. The average molecular weight is 556 g/mol. The molecule has 0 aromatic rings. The second kappa shape index (κ2) is 13.3. The second-order valence-electron chi connectivity index (χ2n) is 11.8. The van der Waals surface area contributed by atoms with E-state index in [-0.39, 0.29) is 30.8 Å². The first-order valence-electron chi connectivity index (χ1n) is 13.9. The van der Waals surface area contributed by atoms with Crippen LogP contribution in [0.3, 0.4) is 0 Å². The summed E-state index contributed by atoms with van der Waals surface area (Å²) in [5.41, 5.74) is -2.48. The van der Waals surface area contributed by atoms with Crippen LogP contribution in [0.2, 0.25) is 0 Å². The monoisotopic (exact) mass is 555 g/mol. The molecule has 2 aliphatic rings. The summed E-state index contributed by atoms with van der Waals surface area (Å²) in [6, 6.07) is -0.293. The fourth-order valence-corrected chi connectivity index (χ4v) is 5.91. The van der Waals surface area contributed by atoms with Gasteiger partial charge in [-0.15, -0.1) is 0 Å². The molecule has 39 heavy (non-hydrogen) atoms. The van der Waals surface area contributed by atoms with E-state index in [1.807, 2.05) is 6.92 Å². The van der Waals surface area contributed by atoms with Crippen molar-refractivity contribution in [2.75, 3.05) is 14.2 Å². The molecule has 1 fully saturated rings. The van der Waals surface area contributed by atoms with Gasteiger partial charge in [0.05, 0.1) is 17.8 Å². The topological polar surface area (TPSA) is 141 Å². The first-order valence-corrected chi connectivity index (χ1v) is 13.9. The molecule has 0 amide bonds. The zero-order valence-corrected chi connectivity index (χ0v) is 25.1. The van der Waals surface area contributed by atoms with Crippen molar-refractivity contribution < 1.29 is 43.5 Å². The van der Waals surface area contributed by atoms with Crippen LogP contribution in [0.5, 0.6) is 0 Å². The van der Waals surface area contributed by atoms with Crippen LogP contribution < -0.4 is 5.32 Å². The number of methoxy groups -OCH3 is 1. The molecule has 0 radical (unpaired) electrons. The summed E-state index contributed by atoms with van der Waals surface area (Å²) in [6.45, 7) is 13.3. The molecular formula is C29H49NO9. The molecule has 0 aliphatic carbocycles. The van der Waals surface area contributed by atoms with Crippen LogP contribution in [0.25, 0.3) is 0 Å². The molecule has 2 aliphatic heterocycles. The van der Waals surface area contributed by atoms with Gasteiger partial charge in [0.25, 0.3) is 0 Å². The van der Waals surface area contributed by atoms with E-state index in [0.29, 0.717) is 12.0 Å². The first kappa shape index (κ1) is 33.5. The van der Waals surface area contributed by atoms with Crippen LogP contribution in [0.15, 0.2) is 11.6 Å². The van der Waals surface area contributed by atoms with E-state index in [2.05, 4.69) is 5.32 Å². The predicted molar refractivity (Wildman–Crippen MR) is 145 cm³/mol. The van der Waals surface area contributed by atoms with Gasteiger partial charge in [-0.05, 0) is 72.6 Å². The van der Waals surface area contributed by atoms with E-state index in [4.69, 9.17) is 18.9 Å². The maximum absolute atomic E-state index is 13.7. The molecule has 2 rings (SSSR count). The Balaban J connectivity index is 2.61. The van der Waals surface area contributed by atoms with Gasteiger partial charge in [-0.1, -0.05) is 20.8 Å². The zero-order valence-electron chi connectivity index (χ0n) is 25.1. The summed E-state index contributed by atoms with van der Waals surface area (Å²) in [5, 5.41) is 25.2. The summed E-state index contributed by atoms with van der Waals surface area (Å²) in [6.07, 6.45) is -1.84. The third kappa shape index (κ3) is 7.54. The van der Waals surface area contributed by atoms with E-state index in [0.717, 1.165) is 0 Å². The Bertz CT molecular complexity index is 918. The highest BCUT2D eigenvalue weighted by molar-refractivity contribution is 6.00. The predicted octanol–water partition coefficient (Wildman–Crippen LogP) is 2.33. The third-order valence-corrected chi connectivity index (χ3v) is 8.38. The fourth-order valence-electron chi connectivity index (χ4n) is 5.91. The largest absolute Gasteiger partial charge is 0.458 e. The Morgan fingerprint density at radius 1 is 1.15 bits per heavy atom. The first-order chi connectivity index (χ1) is 18.0. The number of cyclic esters (lactones) is 1. The number of nitrogens with one attached hydrogen (secondary N) is 1. The summed E-state index contributed by atoms with van der Waals surface area (Å²) >= 11 is 0. The number of ketones is 2. The molecule has 11 atom stereocenters. The fraction of sp³-hybridized carbons (Fsp3) is 0.828. The van der Waals surface area contributed by atoms with E-state index >= 15 is 0 Å². The molecule has 0 spiro atoms. The van der Waals surface area contributed by atoms with E-state index in [9.17, 15) is 24.6 Å². The van der Waals surface area contributed by atoms with Crippen molar-refractivity contribution >= 4 is 17.5 Å². The zero-order chi connectivity index (χ0) is 29.9. The van der Waals surface area contributed by atoms with Crippen molar-refractivity contribution in [3.63, 3.8) is 0 Å². The number of rotatable bonds is 5. The lowest BCUT2D eigenvalue weighted by Gasteiger charge is -2.45. The van der Waals surface area contributed by atoms with Crippen LogP contribution in [0, 0.1) is 17.8 Å². The molecule has 0 aromatic heterocycles. The minimum Gasteiger partial charge on any atom is -0.458 e. The SMILES string of the molecule is CC[C@H]1OC(=O)[C@H](C)C(=O)[C@H](C)[C@@H](O[C@@H]2O[C@H](C)C[C@H](NC)[C@H]2O)[C@](C)(OC)C[C@@H](C)C(=O)/C(C)=C/[C@]1(C)O. The lowest BCUT2D eigenvalue weighted by atomic mass is 9.77. The van der Waals surface area contributed by atoms with Crippen LogP contribution in [0.4, 0.5) is 0 Å². The van der Waals surface area contributed by atoms with Crippen molar-refractivity contribution in [3.05, 3.63) is 11.6 Å². The van der Waals surface area contributed by atoms with Gasteiger partial charge < -0.3 is 34.5 Å². The van der Waals surface area contributed by atoms with E-state index < -0.39 is 65.3 Å². The lowest BCUT2D eigenvalue weighted by Crippen LogP contribution is -2.59. The second-order valence-corrected chi connectivity index (χ2v) is 11.8. The van der Waals surface area contributed by atoms with Gasteiger partial charge in [0.1, 0.15) is 23.7 Å². The molecule has 0 aromatic carbocycles. The highest BCUT2D eigenvalue weighted by Crippen LogP contribution is 2.37. The average Bonchev–Trinajstić information content (AvgIpc) is 2.88. The number of carbonyl (C=O) groups is 3. The summed E-state index contributed by atoms with van der Waals surface area (Å²) in [5.74, 6) is -4.09. The number of hydrogen-bond donors (Lipinski definition) is 3. The molecule has 3 N–H and O–H groups in total. The molecule has 224 valence electrons. The maximum atomic E-state index is 13.7. The minimum absolute atomic E-state index is 0.168. The van der Waals surface area contributed by atoms with Crippen molar-refractivity contribution in [3.8, 4) is 0 Å². The molecule has 0 bridgehead atoms. The van der Waals surface area contributed by atoms with Crippen molar-refractivity contribution in [1.82, 2.24) is 5.32 Å². The molecule has 0 unspecified atom stereocenters. The Labute approximate surface area is 232 Å². The third-order valence-electron chi connectivity index (χ3n) is 8.38. The number of ether oxygens (including phenoxy) is 4. The quantitative estimate of drug-likeness (QED) is 0.342. The smallest absolute Gasteiger partial charge is 0.316 e. The van der Waals surface area contributed by atoms with E-state index in [1.54, 1.807) is 41.7 Å². The van der Waals surface area contributed by atoms with E-state index in [1.165, 1.54) is 27.0 Å². The maximum Gasteiger partial charge on any atom is 0.316 e. The van der Waals surface area contributed by atoms with Crippen LogP contribution in [-0.4, -0.2) is 89.9 Å². The number of aliphatic hydroxyl groups is 2. The van der Waals surface area contributed by atoms with Crippen LogP contribution in [-0.2, 0) is 33.3 Å². The van der Waals surface area contributed by atoms with Gasteiger partial charge >= 0.3 is 5.97 Å². The van der Waals surface area contributed by atoms with Gasteiger partial charge in [-0.25, -0.2) is 0 Å². The number of likely N-dealkylation sites (N-methyl/N-ethyl adjacent to an activating group) is 1. The Kier molecular flexibility index (Phi) is 11.4. The molecule has 2 heterocycles. The molecular weight excluding hydrogens is 506 g/mol. The summed E-state index contributed by atoms with van der Waals surface area (Å²) in [7, 11) is 3.22. The van der Waals surface area contributed by atoms with Gasteiger partial charge in [0.15, 0.2) is 17.9 Å². The number of allylic oxidation sites excluding steroid dienone is 1. The van der Waals surface area contributed by atoms with Gasteiger partial charge in [0, 0.05) is 25.0 Å². The summed E-state index contributed by atoms with van der Waals surface area (Å²) < 4.78 is 23.9. The minimum atomic E-state index is -1.62. The number of hydrogen-bond acceptors (Lipinski definition) is 10. The van der Waals surface area contributed by atoms with Gasteiger partial charge in [-0.2, -0.15) is 0 Å². The number of esters is 1. The molecule has 10 nitrogen and oxygen atoms in total. The van der Waals surface area contributed by atoms with Gasteiger partial charge in [-0.3, -0.25) is 14.4 Å². The lowest BCUT2D eigenvalue weighted by molar-refractivity contribution is -0.290. The number of Topliss-reactive ketones (excluding diaryl/α,β-unsaturated/α-hetero) is 2. The van der Waals surface area contributed by atoms with Crippen molar-refractivity contribution in [2.45, 2.75) is 123 Å². The normalized spacial score (nSPS) is 44.8. The highest BCUT2D eigenvalue weighted by Gasteiger charge is 2.49. The van der Waals surface area contributed by atoms with Gasteiger partial charge in [0.2, 0.25) is 0 Å². The summed E-state index contributed by atoms with van der Waals surface area (Å²) in [4.78, 5) is 40.2. The molecule has 1 saturated heterocycles.